The number of halogens is 1. The van der Waals surface area contributed by atoms with Gasteiger partial charge in [-0.2, -0.15) is 0 Å². The normalized spacial score (nSPS) is 10.5. The molecule has 0 aliphatic heterocycles. The van der Waals surface area contributed by atoms with Gasteiger partial charge in [0.25, 0.3) is 0 Å². The molecule has 0 aliphatic carbocycles. The molecule has 1 aromatic carbocycles. The summed E-state index contributed by atoms with van der Waals surface area (Å²) < 4.78 is 15.5. The van der Waals surface area contributed by atoms with Crippen molar-refractivity contribution in [1.29, 1.82) is 0 Å². The van der Waals surface area contributed by atoms with E-state index in [2.05, 4.69) is 25.4 Å². The van der Waals surface area contributed by atoms with Crippen LogP contribution in [-0.4, -0.2) is 4.98 Å². The molecule has 0 atom stereocenters. The third kappa shape index (κ3) is 4.99. The number of phosphoric ester groups is 1. The Morgan fingerprint density at radius 3 is 2.53 bits per heavy atom. The maximum atomic E-state index is 10.5. The molecule has 0 saturated carbocycles. The van der Waals surface area contributed by atoms with E-state index in [1.807, 2.05) is 0 Å². The van der Waals surface area contributed by atoms with Crippen LogP contribution in [0.2, 0.25) is 0 Å². The number of fused-ring (bicyclic) bond motifs is 1. The van der Waals surface area contributed by atoms with E-state index in [0.29, 0.717) is 10.9 Å². The average molecular weight is 336 g/mol. The van der Waals surface area contributed by atoms with E-state index in [0.717, 1.165) is 4.47 Å². The average Bonchev–Trinajstić information content (AvgIpc) is 2.46. The summed E-state index contributed by atoms with van der Waals surface area (Å²) in [5.74, 6) is 0.0135. The molecule has 0 unspecified atom stereocenters. The molecule has 1 N–H and O–H groups in total. The van der Waals surface area contributed by atoms with Crippen molar-refractivity contribution in [3.63, 3.8) is 0 Å². The van der Waals surface area contributed by atoms with E-state index in [1.165, 1.54) is 6.20 Å². The Balaban J connectivity index is 0.00000128. The summed E-state index contributed by atoms with van der Waals surface area (Å²) in [4.78, 5) is 23.7. The van der Waals surface area contributed by atoms with Crippen molar-refractivity contribution >= 4 is 34.7 Å². The smallest absolute Gasteiger partial charge is 0.780 e. The monoisotopic (exact) mass is 335 g/mol. The van der Waals surface area contributed by atoms with Gasteiger partial charge in [0.15, 0.2) is 0 Å². The number of benzene rings is 1. The van der Waals surface area contributed by atoms with Crippen LogP contribution in [-0.2, 0) is 4.57 Å². The van der Waals surface area contributed by atoms with Gasteiger partial charge in [0.05, 0.1) is 0 Å². The predicted molar refractivity (Wildman–Crippen MR) is 54.2 cm³/mol. The molecular formula is C8H5BrNNa2O4P. The maximum absolute atomic E-state index is 10.5. The number of aromatic nitrogens is 1. The van der Waals surface area contributed by atoms with Crippen LogP contribution < -0.4 is 73.4 Å². The number of aromatic amines is 1. The summed E-state index contributed by atoms with van der Waals surface area (Å²) in [5, 5.41) is 0.538. The molecule has 1 heterocycles. The molecule has 80 valence electrons. The van der Waals surface area contributed by atoms with Gasteiger partial charge in [0.1, 0.15) is 13.6 Å². The Morgan fingerprint density at radius 1 is 1.29 bits per heavy atom. The largest absolute Gasteiger partial charge is 1.00 e. The first-order valence-electron chi connectivity index (χ1n) is 3.94. The fraction of sp³-hybridized carbons (Fsp3) is 0. The van der Waals surface area contributed by atoms with Crippen LogP contribution >= 0.6 is 23.8 Å². The molecule has 17 heavy (non-hydrogen) atoms. The summed E-state index contributed by atoms with van der Waals surface area (Å²) >= 11 is 3.24. The van der Waals surface area contributed by atoms with Gasteiger partial charge >= 0.3 is 59.1 Å². The molecule has 0 radical (unpaired) electrons. The van der Waals surface area contributed by atoms with E-state index in [1.54, 1.807) is 18.2 Å². The number of hydrogen-bond acceptors (Lipinski definition) is 4. The van der Waals surface area contributed by atoms with Crippen LogP contribution in [0.15, 0.2) is 28.9 Å². The molecule has 0 aliphatic rings. The summed E-state index contributed by atoms with van der Waals surface area (Å²) in [7, 11) is -5.01. The topological polar surface area (TPSA) is 88.2 Å². The molecule has 0 spiro atoms. The number of hydrogen-bond donors (Lipinski definition) is 1. The molecule has 9 heteroatoms. The van der Waals surface area contributed by atoms with E-state index in [-0.39, 0.29) is 64.9 Å². The summed E-state index contributed by atoms with van der Waals surface area (Å²) in [6, 6.07) is 5.19. The number of phosphoric acid groups is 1. The molecule has 1 aromatic heterocycles. The quantitative estimate of drug-likeness (QED) is 0.440. The first kappa shape index (κ1) is 18.2. The number of H-pyrrole nitrogens is 1. The third-order valence-electron chi connectivity index (χ3n) is 1.82. The van der Waals surface area contributed by atoms with Crippen LogP contribution in [0.25, 0.3) is 10.9 Å². The van der Waals surface area contributed by atoms with Crippen LogP contribution in [0.5, 0.6) is 5.75 Å². The number of rotatable bonds is 2. The van der Waals surface area contributed by atoms with Gasteiger partial charge in [-0.05, 0) is 18.2 Å². The third-order valence-corrected chi connectivity index (χ3v) is 2.73. The fourth-order valence-electron chi connectivity index (χ4n) is 1.26. The molecule has 2 rings (SSSR count). The van der Waals surface area contributed by atoms with E-state index >= 15 is 0 Å². The SMILES string of the molecule is O=P([O-])([O-])Oc1c[nH]c2ccc(Br)cc12.[Na+].[Na+]. The van der Waals surface area contributed by atoms with E-state index in [9.17, 15) is 14.4 Å². The van der Waals surface area contributed by atoms with Gasteiger partial charge in [-0.25, -0.2) is 0 Å². The molecule has 0 fully saturated rings. The van der Waals surface area contributed by atoms with Crippen molar-refractivity contribution in [1.82, 2.24) is 4.98 Å². The van der Waals surface area contributed by atoms with Crippen molar-refractivity contribution < 1.29 is 78.0 Å². The Kier molecular flexibility index (Phi) is 7.60. The Bertz CT molecular complexity index is 555. The molecular weight excluding hydrogens is 331 g/mol. The molecule has 0 saturated heterocycles. The maximum Gasteiger partial charge on any atom is 1.00 e. The van der Waals surface area contributed by atoms with Crippen molar-refractivity contribution in [3.05, 3.63) is 28.9 Å². The minimum atomic E-state index is -5.01. The second kappa shape index (κ2) is 7.10. The van der Waals surface area contributed by atoms with Crippen molar-refractivity contribution in [2.75, 3.05) is 0 Å². The summed E-state index contributed by atoms with van der Waals surface area (Å²) in [5.41, 5.74) is 0.696. The summed E-state index contributed by atoms with van der Waals surface area (Å²) in [6.07, 6.45) is 1.33. The zero-order chi connectivity index (χ0) is 11.1. The van der Waals surface area contributed by atoms with Crippen molar-refractivity contribution in [2.45, 2.75) is 0 Å². The Labute approximate surface area is 150 Å². The van der Waals surface area contributed by atoms with Gasteiger partial charge in [-0.3, -0.25) is 0 Å². The predicted octanol–water partition coefficient (Wildman–Crippen LogP) is -4.85. The van der Waals surface area contributed by atoms with E-state index in [4.69, 9.17) is 0 Å². The van der Waals surface area contributed by atoms with Gasteiger partial charge in [0.2, 0.25) is 0 Å². The first-order valence-corrected chi connectivity index (χ1v) is 6.19. The molecule has 0 amide bonds. The first-order chi connectivity index (χ1) is 6.96. The van der Waals surface area contributed by atoms with Crippen molar-refractivity contribution in [2.24, 2.45) is 0 Å². The van der Waals surface area contributed by atoms with Crippen LogP contribution in [0.3, 0.4) is 0 Å². The van der Waals surface area contributed by atoms with Crippen molar-refractivity contribution in [3.8, 4) is 5.75 Å². The standard InChI is InChI=1S/C8H7BrNO4P.2Na/c9-5-1-2-7-6(3-5)8(4-10-7)14-15(11,12)13;;/h1-4,10H,(H2,11,12,13);;/q;2*+1/p-2. The minimum absolute atomic E-state index is 0. The van der Waals surface area contributed by atoms with Crippen LogP contribution in [0.4, 0.5) is 0 Å². The second-order valence-corrected chi connectivity index (χ2v) is 4.87. The van der Waals surface area contributed by atoms with Gasteiger partial charge < -0.3 is 23.9 Å². The Morgan fingerprint density at radius 2 is 1.94 bits per heavy atom. The zero-order valence-electron chi connectivity index (χ0n) is 9.27. The molecule has 0 bridgehead atoms. The van der Waals surface area contributed by atoms with Gasteiger partial charge in [-0.1, -0.05) is 15.9 Å². The second-order valence-electron chi connectivity index (χ2n) is 2.88. The van der Waals surface area contributed by atoms with Gasteiger partial charge in [0, 0.05) is 21.6 Å². The van der Waals surface area contributed by atoms with Gasteiger partial charge in [-0.15, -0.1) is 0 Å². The Hall–Kier alpha value is 1.19. The molecule has 2 aromatic rings. The summed E-state index contributed by atoms with van der Waals surface area (Å²) in [6.45, 7) is 0. The fourth-order valence-corrected chi connectivity index (χ4v) is 2.02. The zero-order valence-corrected chi connectivity index (χ0v) is 15.7. The van der Waals surface area contributed by atoms with Crippen LogP contribution in [0, 0.1) is 0 Å². The van der Waals surface area contributed by atoms with Crippen LogP contribution in [0.1, 0.15) is 0 Å². The minimum Gasteiger partial charge on any atom is -0.780 e. The number of nitrogens with one attached hydrogen (secondary N) is 1. The molecule has 5 nitrogen and oxygen atoms in total. The van der Waals surface area contributed by atoms with E-state index < -0.39 is 7.82 Å².